The zero-order valence-electron chi connectivity index (χ0n) is 14.4. The SMILES string of the molecule is CC(C)C(=O)O[C@H]1NC(=O)[C@@H]1C(C)O[Si](C)(C)C(C)(C)C. The predicted molar refractivity (Wildman–Crippen MR) is 84.1 cm³/mol. The highest BCUT2D eigenvalue weighted by atomic mass is 28.4. The number of nitrogens with one attached hydrogen (secondary N) is 1. The third-order valence-corrected chi connectivity index (χ3v) is 8.99. The third-order valence-electron chi connectivity index (χ3n) is 4.42. The van der Waals surface area contributed by atoms with Crippen LogP contribution in [-0.4, -0.2) is 32.5 Å². The molecule has 1 fully saturated rings. The quantitative estimate of drug-likeness (QED) is 0.481. The number of carbonyl (C=O) groups is 2. The Bertz CT molecular complexity index is 414. The molecule has 1 aliphatic rings. The lowest BCUT2D eigenvalue weighted by atomic mass is 9.93. The Morgan fingerprint density at radius 1 is 1.24 bits per heavy atom. The van der Waals surface area contributed by atoms with Crippen LogP contribution >= 0.6 is 0 Å². The van der Waals surface area contributed by atoms with Crippen molar-refractivity contribution in [2.24, 2.45) is 11.8 Å². The molecule has 0 aromatic rings. The van der Waals surface area contributed by atoms with Crippen molar-refractivity contribution in [3.63, 3.8) is 0 Å². The van der Waals surface area contributed by atoms with Gasteiger partial charge in [-0.05, 0) is 25.1 Å². The van der Waals surface area contributed by atoms with Crippen LogP contribution in [0.5, 0.6) is 0 Å². The topological polar surface area (TPSA) is 64.6 Å². The van der Waals surface area contributed by atoms with E-state index in [9.17, 15) is 9.59 Å². The maximum absolute atomic E-state index is 11.8. The van der Waals surface area contributed by atoms with Gasteiger partial charge >= 0.3 is 5.97 Å². The number of rotatable bonds is 5. The molecule has 3 atom stereocenters. The van der Waals surface area contributed by atoms with E-state index < -0.39 is 20.5 Å². The zero-order valence-corrected chi connectivity index (χ0v) is 15.4. The van der Waals surface area contributed by atoms with Crippen molar-refractivity contribution in [1.82, 2.24) is 5.32 Å². The number of β-lactam (4-membered cyclic amide) rings is 1. The van der Waals surface area contributed by atoms with Gasteiger partial charge in [-0.3, -0.25) is 9.59 Å². The van der Waals surface area contributed by atoms with Gasteiger partial charge in [0.15, 0.2) is 14.5 Å². The van der Waals surface area contributed by atoms with Gasteiger partial charge in [0.2, 0.25) is 5.91 Å². The van der Waals surface area contributed by atoms with Gasteiger partial charge in [0.25, 0.3) is 0 Å². The molecule has 1 saturated heterocycles. The molecular formula is C15H29NO4Si. The summed E-state index contributed by atoms with van der Waals surface area (Å²) in [5.74, 6) is -1.03. The fourth-order valence-corrected chi connectivity index (χ4v) is 3.34. The molecule has 0 aromatic heterocycles. The van der Waals surface area contributed by atoms with E-state index in [4.69, 9.17) is 9.16 Å². The van der Waals surface area contributed by atoms with Crippen molar-refractivity contribution in [2.45, 2.75) is 72.0 Å². The summed E-state index contributed by atoms with van der Waals surface area (Å²) >= 11 is 0. The maximum atomic E-state index is 11.8. The molecule has 6 heteroatoms. The van der Waals surface area contributed by atoms with Crippen LogP contribution in [0.2, 0.25) is 18.1 Å². The predicted octanol–water partition coefficient (Wildman–Crippen LogP) is 2.67. The second-order valence-electron chi connectivity index (χ2n) is 7.63. The third kappa shape index (κ3) is 4.07. The number of hydrogen-bond acceptors (Lipinski definition) is 4. The summed E-state index contributed by atoms with van der Waals surface area (Å²) in [4.78, 5) is 23.5. The molecule has 0 aliphatic carbocycles. The van der Waals surface area contributed by atoms with Crippen LogP contribution in [0.1, 0.15) is 41.5 Å². The minimum atomic E-state index is -1.95. The van der Waals surface area contributed by atoms with Gasteiger partial charge in [0.05, 0.1) is 12.0 Å². The zero-order chi connectivity index (χ0) is 16.6. The minimum absolute atomic E-state index is 0.0750. The van der Waals surface area contributed by atoms with E-state index in [-0.39, 0.29) is 28.9 Å². The van der Waals surface area contributed by atoms with Crippen LogP contribution in [0.4, 0.5) is 0 Å². The molecule has 21 heavy (non-hydrogen) atoms. The fourth-order valence-electron chi connectivity index (χ4n) is 1.91. The van der Waals surface area contributed by atoms with Crippen molar-refractivity contribution < 1.29 is 18.8 Å². The van der Waals surface area contributed by atoms with Crippen LogP contribution in [0, 0.1) is 11.8 Å². The molecule has 1 amide bonds. The summed E-state index contributed by atoms with van der Waals surface area (Å²) in [6.45, 7) is 16.2. The van der Waals surface area contributed by atoms with E-state index in [1.165, 1.54) is 0 Å². The first-order chi connectivity index (χ1) is 9.36. The number of carbonyl (C=O) groups excluding carboxylic acids is 2. The summed E-state index contributed by atoms with van der Waals surface area (Å²) < 4.78 is 11.6. The van der Waals surface area contributed by atoms with Crippen molar-refractivity contribution >= 4 is 20.2 Å². The van der Waals surface area contributed by atoms with Crippen LogP contribution in [-0.2, 0) is 18.8 Å². The normalized spacial score (nSPS) is 24.3. The Morgan fingerprint density at radius 3 is 2.14 bits per heavy atom. The largest absolute Gasteiger partial charge is 0.440 e. The summed E-state index contributed by atoms with van der Waals surface area (Å²) in [6, 6.07) is 0. The highest BCUT2D eigenvalue weighted by Crippen LogP contribution is 2.39. The molecule has 0 bridgehead atoms. The molecule has 1 N–H and O–H groups in total. The van der Waals surface area contributed by atoms with Crippen molar-refractivity contribution in [3.8, 4) is 0 Å². The second kappa shape index (κ2) is 6.08. The Hall–Kier alpha value is -0.883. The van der Waals surface area contributed by atoms with Crippen molar-refractivity contribution in [3.05, 3.63) is 0 Å². The molecule has 0 saturated carbocycles. The molecular weight excluding hydrogens is 286 g/mol. The average molecular weight is 315 g/mol. The Morgan fingerprint density at radius 2 is 1.76 bits per heavy atom. The first-order valence-electron chi connectivity index (χ1n) is 7.55. The van der Waals surface area contributed by atoms with Gasteiger partial charge in [-0.15, -0.1) is 0 Å². The van der Waals surface area contributed by atoms with Gasteiger partial charge in [0, 0.05) is 0 Å². The monoisotopic (exact) mass is 315 g/mol. The first-order valence-corrected chi connectivity index (χ1v) is 10.5. The van der Waals surface area contributed by atoms with E-state index in [0.717, 1.165) is 0 Å². The summed E-state index contributed by atoms with van der Waals surface area (Å²) in [6.07, 6.45) is -0.822. The molecule has 1 heterocycles. The summed E-state index contributed by atoms with van der Waals surface area (Å²) in [5, 5.41) is 2.71. The van der Waals surface area contributed by atoms with Gasteiger partial charge in [-0.1, -0.05) is 34.6 Å². The highest BCUT2D eigenvalue weighted by molar-refractivity contribution is 6.74. The van der Waals surface area contributed by atoms with E-state index in [1.807, 2.05) is 6.92 Å². The van der Waals surface area contributed by atoms with Crippen LogP contribution in [0.15, 0.2) is 0 Å². The van der Waals surface area contributed by atoms with E-state index >= 15 is 0 Å². The molecule has 0 spiro atoms. The van der Waals surface area contributed by atoms with E-state index in [2.05, 4.69) is 39.2 Å². The Kier molecular flexibility index (Phi) is 5.26. The summed E-state index contributed by atoms with van der Waals surface area (Å²) in [5.41, 5.74) is 0. The lowest BCUT2D eigenvalue weighted by molar-refractivity contribution is -0.177. The second-order valence-corrected chi connectivity index (χ2v) is 12.4. The number of amides is 1. The molecule has 0 aromatic carbocycles. The maximum Gasteiger partial charge on any atom is 0.310 e. The van der Waals surface area contributed by atoms with Crippen molar-refractivity contribution in [1.29, 1.82) is 0 Å². The molecule has 1 aliphatic heterocycles. The van der Waals surface area contributed by atoms with Gasteiger partial charge in [-0.25, -0.2) is 0 Å². The first kappa shape index (κ1) is 18.2. The number of esters is 1. The molecule has 122 valence electrons. The minimum Gasteiger partial charge on any atom is -0.440 e. The average Bonchev–Trinajstić information content (AvgIpc) is 2.24. The standard InChI is InChI=1S/C15H29NO4Si/c1-9(2)14(18)19-13-11(12(17)16-13)10(3)20-21(7,8)15(4,5)6/h9-11,13H,1-8H3,(H,16,17)/t10?,11-,13+/m0/s1. The Labute approximate surface area is 128 Å². The van der Waals surface area contributed by atoms with E-state index in [0.29, 0.717) is 0 Å². The fraction of sp³-hybridized carbons (Fsp3) is 0.867. The highest BCUT2D eigenvalue weighted by Gasteiger charge is 2.49. The van der Waals surface area contributed by atoms with Crippen LogP contribution < -0.4 is 5.32 Å². The van der Waals surface area contributed by atoms with Crippen molar-refractivity contribution in [2.75, 3.05) is 0 Å². The van der Waals surface area contributed by atoms with Gasteiger partial charge in [0.1, 0.15) is 5.92 Å². The molecule has 0 radical (unpaired) electrons. The lowest BCUT2D eigenvalue weighted by Gasteiger charge is -2.44. The molecule has 1 rings (SSSR count). The number of hydrogen-bond donors (Lipinski definition) is 1. The van der Waals surface area contributed by atoms with Gasteiger partial charge < -0.3 is 14.5 Å². The van der Waals surface area contributed by atoms with Crippen LogP contribution in [0.25, 0.3) is 0 Å². The lowest BCUT2D eigenvalue weighted by Crippen LogP contribution is -2.65. The summed E-state index contributed by atoms with van der Waals surface area (Å²) in [7, 11) is -1.95. The number of ether oxygens (including phenoxy) is 1. The smallest absolute Gasteiger partial charge is 0.310 e. The molecule has 5 nitrogen and oxygen atoms in total. The van der Waals surface area contributed by atoms with Crippen LogP contribution in [0.3, 0.4) is 0 Å². The van der Waals surface area contributed by atoms with E-state index in [1.54, 1.807) is 13.8 Å². The van der Waals surface area contributed by atoms with Gasteiger partial charge in [-0.2, -0.15) is 0 Å². The Balaban J connectivity index is 2.70. The molecule has 1 unspecified atom stereocenters.